The third kappa shape index (κ3) is 6.31. The van der Waals surface area contributed by atoms with E-state index in [0.717, 1.165) is 29.1 Å². The molecule has 0 atom stereocenters. The van der Waals surface area contributed by atoms with Crippen LogP contribution in [0.3, 0.4) is 0 Å². The molecule has 1 aromatic rings. The van der Waals surface area contributed by atoms with Crippen LogP contribution in [0.15, 0.2) is 11.6 Å². The minimum Gasteiger partial charge on any atom is -0.395 e. The molecule has 0 radical (unpaired) electrons. The zero-order valence-corrected chi connectivity index (χ0v) is 14.2. The van der Waals surface area contributed by atoms with E-state index in [-0.39, 0.29) is 13.2 Å². The summed E-state index contributed by atoms with van der Waals surface area (Å²) in [7, 11) is 0. The number of allylic oxidation sites excluding steroid dienone is 2. The lowest BCUT2D eigenvalue weighted by Gasteiger charge is -2.20. The molecule has 1 aromatic heterocycles. The minimum absolute atomic E-state index is 0.0430. The Kier molecular flexibility index (Phi) is 9.07. The molecular formula is C15H26N4O2S. The molecule has 1 heterocycles. The standard InChI is InChI=1S/C15H26N4O2S/c1-13(2)11-15-14(5-3-4-10-22)16-17-19(15)12-18(6-8-20)7-9-21/h3,5,11,20-22H,4,6-10,12H2,1-2H3/b5-3-. The molecule has 0 saturated heterocycles. The lowest BCUT2D eigenvalue weighted by Crippen LogP contribution is -2.32. The van der Waals surface area contributed by atoms with Gasteiger partial charge in [0.1, 0.15) is 5.69 Å². The average molecular weight is 326 g/mol. The van der Waals surface area contributed by atoms with Gasteiger partial charge in [-0.2, -0.15) is 12.6 Å². The van der Waals surface area contributed by atoms with E-state index < -0.39 is 0 Å². The van der Waals surface area contributed by atoms with Crippen LogP contribution in [0.2, 0.25) is 0 Å². The molecule has 22 heavy (non-hydrogen) atoms. The second-order valence-corrected chi connectivity index (χ2v) is 5.65. The maximum atomic E-state index is 9.11. The van der Waals surface area contributed by atoms with E-state index in [2.05, 4.69) is 22.9 Å². The lowest BCUT2D eigenvalue weighted by atomic mass is 10.2. The second-order valence-electron chi connectivity index (χ2n) is 5.20. The Morgan fingerprint density at radius 3 is 2.50 bits per heavy atom. The van der Waals surface area contributed by atoms with Crippen LogP contribution in [0, 0.1) is 0 Å². The van der Waals surface area contributed by atoms with Gasteiger partial charge in [-0.15, -0.1) is 5.10 Å². The Morgan fingerprint density at radius 2 is 1.95 bits per heavy atom. The number of hydrogen-bond donors (Lipinski definition) is 3. The fourth-order valence-electron chi connectivity index (χ4n) is 1.97. The van der Waals surface area contributed by atoms with E-state index in [1.54, 1.807) is 4.68 Å². The van der Waals surface area contributed by atoms with Crippen LogP contribution in [0.4, 0.5) is 0 Å². The summed E-state index contributed by atoms with van der Waals surface area (Å²) in [6, 6.07) is 0. The highest BCUT2D eigenvalue weighted by Gasteiger charge is 2.12. The Labute approximate surface area is 137 Å². The molecule has 0 aliphatic rings. The van der Waals surface area contributed by atoms with E-state index in [0.29, 0.717) is 19.8 Å². The van der Waals surface area contributed by atoms with Crippen molar-refractivity contribution in [2.75, 3.05) is 32.1 Å². The molecule has 124 valence electrons. The van der Waals surface area contributed by atoms with Crippen molar-refractivity contribution in [2.24, 2.45) is 0 Å². The summed E-state index contributed by atoms with van der Waals surface area (Å²) in [6.07, 6.45) is 6.90. The number of aliphatic hydroxyl groups is 2. The summed E-state index contributed by atoms with van der Waals surface area (Å²) in [5.74, 6) is 0.795. The summed E-state index contributed by atoms with van der Waals surface area (Å²) in [5, 5.41) is 26.6. The van der Waals surface area contributed by atoms with E-state index in [1.807, 2.05) is 37.0 Å². The first-order valence-electron chi connectivity index (χ1n) is 7.42. The van der Waals surface area contributed by atoms with Gasteiger partial charge in [-0.3, -0.25) is 4.90 Å². The van der Waals surface area contributed by atoms with Gasteiger partial charge >= 0.3 is 0 Å². The minimum atomic E-state index is 0.0430. The van der Waals surface area contributed by atoms with Crippen molar-refractivity contribution in [3.63, 3.8) is 0 Å². The largest absolute Gasteiger partial charge is 0.395 e. The third-order valence-electron chi connectivity index (χ3n) is 2.96. The molecule has 0 aliphatic heterocycles. The Balaban J connectivity index is 3.00. The first kappa shape index (κ1) is 18.9. The topological polar surface area (TPSA) is 74.4 Å². The van der Waals surface area contributed by atoms with Gasteiger partial charge < -0.3 is 10.2 Å². The molecule has 1 rings (SSSR count). The van der Waals surface area contributed by atoms with Crippen LogP contribution in [0.25, 0.3) is 12.2 Å². The van der Waals surface area contributed by atoms with Crippen molar-refractivity contribution in [2.45, 2.75) is 26.9 Å². The van der Waals surface area contributed by atoms with Crippen LogP contribution in [0.5, 0.6) is 0 Å². The molecule has 0 spiro atoms. The van der Waals surface area contributed by atoms with Crippen LogP contribution in [-0.4, -0.2) is 62.2 Å². The van der Waals surface area contributed by atoms with E-state index >= 15 is 0 Å². The molecule has 0 unspecified atom stereocenters. The quantitative estimate of drug-likeness (QED) is 0.565. The van der Waals surface area contributed by atoms with Gasteiger partial charge in [-0.25, -0.2) is 4.68 Å². The van der Waals surface area contributed by atoms with E-state index in [1.165, 1.54) is 0 Å². The number of rotatable bonds is 10. The third-order valence-corrected chi connectivity index (χ3v) is 3.22. The smallest absolute Gasteiger partial charge is 0.112 e. The highest BCUT2D eigenvalue weighted by atomic mass is 32.1. The fourth-order valence-corrected chi connectivity index (χ4v) is 2.12. The van der Waals surface area contributed by atoms with Crippen LogP contribution >= 0.6 is 12.6 Å². The number of aliphatic hydroxyl groups excluding tert-OH is 2. The molecule has 0 saturated carbocycles. The molecule has 0 amide bonds. The van der Waals surface area contributed by atoms with Crippen LogP contribution < -0.4 is 0 Å². The first-order valence-corrected chi connectivity index (χ1v) is 8.05. The Morgan fingerprint density at radius 1 is 1.27 bits per heavy atom. The van der Waals surface area contributed by atoms with Crippen molar-refractivity contribution >= 4 is 24.8 Å². The molecule has 2 N–H and O–H groups in total. The van der Waals surface area contributed by atoms with E-state index in [4.69, 9.17) is 10.2 Å². The maximum absolute atomic E-state index is 9.11. The number of thiol groups is 1. The maximum Gasteiger partial charge on any atom is 0.112 e. The van der Waals surface area contributed by atoms with E-state index in [9.17, 15) is 0 Å². The van der Waals surface area contributed by atoms with Gasteiger partial charge in [-0.1, -0.05) is 16.9 Å². The van der Waals surface area contributed by atoms with Crippen molar-refractivity contribution in [1.29, 1.82) is 0 Å². The molecule has 7 heteroatoms. The van der Waals surface area contributed by atoms with Gasteiger partial charge in [0.2, 0.25) is 0 Å². The lowest BCUT2D eigenvalue weighted by molar-refractivity contribution is 0.128. The molecule has 0 fully saturated rings. The summed E-state index contributed by atoms with van der Waals surface area (Å²) in [5.41, 5.74) is 2.90. The Hall–Kier alpha value is -1.15. The summed E-state index contributed by atoms with van der Waals surface area (Å²) in [4.78, 5) is 1.93. The van der Waals surface area contributed by atoms with Crippen molar-refractivity contribution in [1.82, 2.24) is 19.9 Å². The van der Waals surface area contributed by atoms with Crippen molar-refractivity contribution < 1.29 is 10.2 Å². The zero-order chi connectivity index (χ0) is 16.4. The number of hydrogen-bond acceptors (Lipinski definition) is 6. The zero-order valence-electron chi connectivity index (χ0n) is 13.3. The summed E-state index contributed by atoms with van der Waals surface area (Å²) < 4.78 is 1.79. The van der Waals surface area contributed by atoms with Gasteiger partial charge in [0.15, 0.2) is 0 Å². The summed E-state index contributed by atoms with van der Waals surface area (Å²) in [6.45, 7) is 5.59. The normalized spacial score (nSPS) is 11.5. The van der Waals surface area contributed by atoms with Gasteiger partial charge in [0, 0.05) is 13.1 Å². The molecule has 0 aromatic carbocycles. The fraction of sp³-hybridized carbons (Fsp3) is 0.600. The van der Waals surface area contributed by atoms with Crippen LogP contribution in [-0.2, 0) is 6.67 Å². The van der Waals surface area contributed by atoms with Gasteiger partial charge in [0.25, 0.3) is 0 Å². The van der Waals surface area contributed by atoms with Crippen molar-refractivity contribution in [3.8, 4) is 0 Å². The first-order chi connectivity index (χ1) is 10.6. The van der Waals surface area contributed by atoms with Crippen LogP contribution in [0.1, 0.15) is 31.7 Å². The highest BCUT2D eigenvalue weighted by molar-refractivity contribution is 7.80. The predicted octanol–water partition coefficient (Wildman–Crippen LogP) is 1.28. The predicted molar refractivity (Wildman–Crippen MR) is 92.6 cm³/mol. The van der Waals surface area contributed by atoms with Gasteiger partial charge in [-0.05, 0) is 38.2 Å². The number of nitrogens with zero attached hydrogens (tertiary/aromatic N) is 4. The van der Waals surface area contributed by atoms with Crippen molar-refractivity contribution in [3.05, 3.63) is 23.0 Å². The second kappa shape index (κ2) is 10.6. The monoisotopic (exact) mass is 326 g/mol. The molecule has 0 bridgehead atoms. The summed E-state index contributed by atoms with van der Waals surface area (Å²) >= 11 is 4.19. The molecular weight excluding hydrogens is 300 g/mol. The SMILES string of the molecule is CC(C)=Cc1c(/C=C\CCS)nnn1CN(CCO)CCO. The number of aromatic nitrogens is 3. The average Bonchev–Trinajstić information content (AvgIpc) is 2.82. The molecule has 6 nitrogen and oxygen atoms in total. The van der Waals surface area contributed by atoms with Gasteiger partial charge in [0.05, 0.1) is 25.6 Å². The highest BCUT2D eigenvalue weighted by Crippen LogP contribution is 2.13. The molecule has 0 aliphatic carbocycles. The Bertz CT molecular complexity index is 490.